The summed E-state index contributed by atoms with van der Waals surface area (Å²) < 4.78 is 8.99. The normalized spacial score (nSPS) is 28.0. The summed E-state index contributed by atoms with van der Waals surface area (Å²) in [7, 11) is 0. The van der Waals surface area contributed by atoms with Gasteiger partial charge in [-0.25, -0.2) is 0 Å². The van der Waals surface area contributed by atoms with Crippen LogP contribution in [0.15, 0.2) is 17.5 Å². The van der Waals surface area contributed by atoms with Crippen LogP contribution < -0.4 is 5.32 Å². The zero-order chi connectivity index (χ0) is 20.7. The molecule has 0 bridgehead atoms. The lowest BCUT2D eigenvalue weighted by Gasteiger charge is -2.45. The van der Waals surface area contributed by atoms with E-state index in [1.807, 2.05) is 22.9 Å². The van der Waals surface area contributed by atoms with Crippen molar-refractivity contribution in [3.63, 3.8) is 0 Å². The summed E-state index contributed by atoms with van der Waals surface area (Å²) in [5.74, 6) is -0.0813. The van der Waals surface area contributed by atoms with E-state index in [2.05, 4.69) is 11.4 Å². The summed E-state index contributed by atoms with van der Waals surface area (Å²) in [6.45, 7) is 3.64. The first-order chi connectivity index (χ1) is 14.6. The van der Waals surface area contributed by atoms with Gasteiger partial charge in [0.25, 0.3) is 5.91 Å². The number of carbonyl (C=O) groups excluding carboxylic acids is 2. The summed E-state index contributed by atoms with van der Waals surface area (Å²) >= 11 is 1.64. The average Bonchev–Trinajstić information content (AvgIpc) is 3.42. The maximum absolute atomic E-state index is 13.7. The molecule has 162 valence electrons. The number of rotatable bonds is 4. The second-order valence-corrected chi connectivity index (χ2v) is 10.2. The Morgan fingerprint density at radius 1 is 1.23 bits per heavy atom. The third-order valence-corrected chi connectivity index (χ3v) is 7.99. The highest BCUT2D eigenvalue weighted by molar-refractivity contribution is 7.17. The van der Waals surface area contributed by atoms with Crippen molar-refractivity contribution in [1.29, 1.82) is 0 Å². The van der Waals surface area contributed by atoms with Gasteiger partial charge in [-0.1, -0.05) is 25.7 Å². The van der Waals surface area contributed by atoms with Crippen molar-refractivity contribution in [1.82, 2.24) is 14.8 Å². The topological polar surface area (TPSA) is 63.6 Å². The summed E-state index contributed by atoms with van der Waals surface area (Å²) in [6.07, 6.45) is 8.86. The minimum atomic E-state index is -0.920. The number of ether oxygens (including phenoxy) is 1. The Labute approximate surface area is 181 Å². The van der Waals surface area contributed by atoms with Crippen LogP contribution in [0.25, 0.3) is 10.2 Å². The monoisotopic (exact) mass is 429 g/mol. The van der Waals surface area contributed by atoms with Crippen molar-refractivity contribution in [2.75, 3.05) is 13.2 Å². The molecule has 0 aromatic carbocycles. The molecule has 0 unspecified atom stereocenters. The van der Waals surface area contributed by atoms with E-state index >= 15 is 0 Å². The van der Waals surface area contributed by atoms with Crippen LogP contribution in [0.4, 0.5) is 0 Å². The highest BCUT2D eigenvalue weighted by Gasteiger charge is 2.49. The fraction of sp³-hybridized carbons (Fsp3) is 0.652. The molecule has 6 nitrogen and oxygen atoms in total. The minimum absolute atomic E-state index is 0.0154. The minimum Gasteiger partial charge on any atom is -0.376 e. The maximum atomic E-state index is 13.7. The molecule has 1 N–H and O–H groups in total. The molecule has 0 spiro atoms. The second-order valence-electron chi connectivity index (χ2n) is 9.27. The van der Waals surface area contributed by atoms with Crippen molar-refractivity contribution in [3.8, 4) is 0 Å². The summed E-state index contributed by atoms with van der Waals surface area (Å²) in [5.41, 5.74) is 0.819. The van der Waals surface area contributed by atoms with Gasteiger partial charge in [-0.2, -0.15) is 0 Å². The molecular weight excluding hydrogens is 398 g/mol. The standard InChI is InChI=1S/C23H31N3O3S/c1-23(22(28)24-16-7-4-2-3-5-8-16)15-25-18-10-12-30-20(18)13-19(25)21(27)26(23)14-17-9-6-11-29-17/h10,12-13,16-17H,2-9,11,14-15H2,1H3,(H,24,28)/t17-,23-/m0/s1. The lowest BCUT2D eigenvalue weighted by Crippen LogP contribution is -2.66. The maximum Gasteiger partial charge on any atom is 0.271 e. The molecule has 1 aliphatic carbocycles. The van der Waals surface area contributed by atoms with Crippen molar-refractivity contribution in [2.24, 2.45) is 0 Å². The first kappa shape index (κ1) is 20.1. The quantitative estimate of drug-likeness (QED) is 0.749. The van der Waals surface area contributed by atoms with Crippen LogP contribution in [0, 0.1) is 0 Å². The lowest BCUT2D eigenvalue weighted by molar-refractivity contribution is -0.134. The van der Waals surface area contributed by atoms with Crippen LogP contribution >= 0.6 is 11.3 Å². The highest BCUT2D eigenvalue weighted by atomic mass is 32.1. The van der Waals surface area contributed by atoms with Crippen LogP contribution in [0.5, 0.6) is 0 Å². The Balaban J connectivity index is 1.47. The zero-order valence-corrected chi connectivity index (χ0v) is 18.5. The Morgan fingerprint density at radius 3 is 2.77 bits per heavy atom. The van der Waals surface area contributed by atoms with E-state index in [0.717, 1.165) is 55.3 Å². The Bertz CT molecular complexity index is 937. The summed E-state index contributed by atoms with van der Waals surface area (Å²) in [6, 6.07) is 4.24. The van der Waals surface area contributed by atoms with Crippen molar-refractivity contribution < 1.29 is 14.3 Å². The molecule has 2 amide bonds. The van der Waals surface area contributed by atoms with E-state index in [1.54, 1.807) is 16.2 Å². The molecule has 5 rings (SSSR count). The summed E-state index contributed by atoms with van der Waals surface area (Å²) in [5, 5.41) is 5.37. The fourth-order valence-electron chi connectivity index (χ4n) is 5.32. The van der Waals surface area contributed by atoms with Crippen LogP contribution in [-0.2, 0) is 16.1 Å². The van der Waals surface area contributed by atoms with Crippen molar-refractivity contribution in [2.45, 2.75) is 82.5 Å². The van der Waals surface area contributed by atoms with Gasteiger partial charge in [-0.3, -0.25) is 9.59 Å². The van der Waals surface area contributed by atoms with Crippen LogP contribution in [0.3, 0.4) is 0 Å². The van der Waals surface area contributed by atoms with E-state index in [-0.39, 0.29) is 24.0 Å². The SMILES string of the molecule is C[C@@]1(C(=O)NC2CCCCCC2)Cn2c(cc3sccc32)C(=O)N1C[C@@H]1CCCO1. The van der Waals surface area contributed by atoms with E-state index in [0.29, 0.717) is 18.8 Å². The number of nitrogens with one attached hydrogen (secondary N) is 1. The number of amides is 2. The van der Waals surface area contributed by atoms with Crippen LogP contribution in [-0.4, -0.2) is 52.1 Å². The average molecular weight is 430 g/mol. The number of thiophene rings is 1. The van der Waals surface area contributed by atoms with Crippen LogP contribution in [0.2, 0.25) is 0 Å². The van der Waals surface area contributed by atoms with Gasteiger partial charge in [0.1, 0.15) is 11.2 Å². The number of aromatic nitrogens is 1. The Morgan fingerprint density at radius 2 is 2.03 bits per heavy atom. The lowest BCUT2D eigenvalue weighted by atomic mass is 9.93. The van der Waals surface area contributed by atoms with Crippen molar-refractivity contribution in [3.05, 3.63) is 23.2 Å². The Kier molecular flexibility index (Phi) is 5.35. The zero-order valence-electron chi connectivity index (χ0n) is 17.7. The third kappa shape index (κ3) is 3.46. The molecule has 2 atom stereocenters. The number of hydrogen-bond donors (Lipinski definition) is 1. The number of hydrogen-bond acceptors (Lipinski definition) is 4. The molecule has 3 aliphatic rings. The van der Waals surface area contributed by atoms with E-state index in [4.69, 9.17) is 4.74 Å². The molecular formula is C23H31N3O3S. The van der Waals surface area contributed by atoms with Gasteiger partial charge < -0.3 is 19.5 Å². The largest absolute Gasteiger partial charge is 0.376 e. The van der Waals surface area contributed by atoms with Gasteiger partial charge in [0, 0.05) is 19.2 Å². The van der Waals surface area contributed by atoms with Gasteiger partial charge in [0.05, 0.1) is 22.9 Å². The first-order valence-corrected chi connectivity index (χ1v) is 12.3. The number of nitrogens with zero attached hydrogens (tertiary/aromatic N) is 2. The molecule has 2 aliphatic heterocycles. The van der Waals surface area contributed by atoms with Crippen molar-refractivity contribution >= 4 is 33.4 Å². The van der Waals surface area contributed by atoms with Gasteiger partial charge in [-0.05, 0) is 50.1 Å². The molecule has 2 fully saturated rings. The highest BCUT2D eigenvalue weighted by Crippen LogP contribution is 2.35. The molecule has 1 saturated heterocycles. The van der Waals surface area contributed by atoms with Gasteiger partial charge in [0.2, 0.25) is 5.91 Å². The molecule has 0 radical (unpaired) electrons. The van der Waals surface area contributed by atoms with E-state index in [1.165, 1.54) is 12.8 Å². The first-order valence-electron chi connectivity index (χ1n) is 11.4. The van der Waals surface area contributed by atoms with Gasteiger partial charge >= 0.3 is 0 Å². The number of carbonyl (C=O) groups is 2. The molecule has 2 aromatic rings. The van der Waals surface area contributed by atoms with E-state index < -0.39 is 5.54 Å². The molecule has 4 heterocycles. The third-order valence-electron chi connectivity index (χ3n) is 7.14. The fourth-order valence-corrected chi connectivity index (χ4v) is 6.14. The molecule has 7 heteroatoms. The molecule has 2 aromatic heterocycles. The Hall–Kier alpha value is -1.86. The number of fused-ring (bicyclic) bond motifs is 3. The smallest absolute Gasteiger partial charge is 0.271 e. The molecule has 1 saturated carbocycles. The predicted molar refractivity (Wildman–Crippen MR) is 118 cm³/mol. The van der Waals surface area contributed by atoms with Gasteiger partial charge in [-0.15, -0.1) is 11.3 Å². The summed E-state index contributed by atoms with van der Waals surface area (Å²) in [4.78, 5) is 29.1. The predicted octanol–water partition coefficient (Wildman–Crippen LogP) is 3.94. The van der Waals surface area contributed by atoms with Crippen LogP contribution in [0.1, 0.15) is 68.8 Å². The van der Waals surface area contributed by atoms with Gasteiger partial charge in [0.15, 0.2) is 0 Å². The van der Waals surface area contributed by atoms with E-state index in [9.17, 15) is 9.59 Å². The molecule has 30 heavy (non-hydrogen) atoms. The second kappa shape index (κ2) is 8.00.